The number of hydrogen-bond donors (Lipinski definition) is 1. The van der Waals surface area contributed by atoms with Crippen molar-refractivity contribution in [1.29, 1.82) is 0 Å². The summed E-state index contributed by atoms with van der Waals surface area (Å²) in [5.74, 6) is -0.0278. The van der Waals surface area contributed by atoms with E-state index >= 15 is 0 Å². The molecule has 7 heteroatoms. The van der Waals surface area contributed by atoms with Crippen LogP contribution in [0.25, 0.3) is 0 Å². The van der Waals surface area contributed by atoms with Crippen LogP contribution in [0.2, 0.25) is 0 Å². The van der Waals surface area contributed by atoms with Gasteiger partial charge in [0, 0.05) is 0 Å². The average Bonchev–Trinajstić information content (AvgIpc) is 2.70. The van der Waals surface area contributed by atoms with Gasteiger partial charge in [-0.15, -0.1) is 0 Å². The van der Waals surface area contributed by atoms with Gasteiger partial charge < -0.3 is 9.84 Å². The molecule has 0 aliphatic carbocycles. The minimum atomic E-state index is -4.40. The van der Waals surface area contributed by atoms with Gasteiger partial charge in [-0.2, -0.15) is 8.42 Å². The van der Waals surface area contributed by atoms with Crippen molar-refractivity contribution >= 4 is 10.1 Å². The molecule has 2 aromatic carbocycles. The molecular weight excluding hydrogens is 423 g/mol. The van der Waals surface area contributed by atoms with Gasteiger partial charge in [0.1, 0.15) is 11.5 Å². The molecule has 1 N–H and O–H groups in total. The maximum absolute atomic E-state index is 12.0. The summed E-state index contributed by atoms with van der Waals surface area (Å²) in [5.41, 5.74) is 1.15. The summed E-state index contributed by atoms with van der Waals surface area (Å²) in [6.45, 7) is 2.24. The minimum Gasteiger partial charge on any atom is -0.870 e. The first-order valence-corrected chi connectivity index (χ1v) is 12.4. The number of unbranched alkanes of at least 4 members (excludes halogenated alkanes) is 9. The van der Waals surface area contributed by atoms with Crippen molar-refractivity contribution in [2.45, 2.75) is 82.4 Å². The summed E-state index contributed by atoms with van der Waals surface area (Å²) in [4.78, 5) is -0.436. The monoisotopic (exact) mass is 456 g/mol. The van der Waals surface area contributed by atoms with E-state index < -0.39 is 20.8 Å². The third-order valence-corrected chi connectivity index (χ3v) is 6.01. The van der Waals surface area contributed by atoms with Gasteiger partial charge in [-0.05, 0) is 48.7 Å². The molecule has 0 spiro atoms. The van der Waals surface area contributed by atoms with Gasteiger partial charge in [-0.25, -0.2) is 0 Å². The SMILES string of the molecule is CCCCCCCCCCCCc1cccc(Oc2ccc(S(=O)(=O)O)cc2[O-])c1.[Na+]. The van der Waals surface area contributed by atoms with Gasteiger partial charge in [-0.3, -0.25) is 4.55 Å². The zero-order valence-corrected chi connectivity index (χ0v) is 21.6. The topological polar surface area (TPSA) is 86.7 Å². The van der Waals surface area contributed by atoms with Gasteiger partial charge >= 0.3 is 29.6 Å². The number of hydrogen-bond acceptors (Lipinski definition) is 4. The van der Waals surface area contributed by atoms with Crippen molar-refractivity contribution in [1.82, 2.24) is 0 Å². The summed E-state index contributed by atoms with van der Waals surface area (Å²) in [6, 6.07) is 10.9. The van der Waals surface area contributed by atoms with Crippen LogP contribution in [0.1, 0.15) is 76.7 Å². The maximum Gasteiger partial charge on any atom is 1.00 e. The maximum atomic E-state index is 12.0. The van der Waals surface area contributed by atoms with E-state index in [1.54, 1.807) is 6.07 Å². The molecule has 2 aromatic rings. The van der Waals surface area contributed by atoms with Gasteiger partial charge in [0.15, 0.2) is 0 Å². The summed E-state index contributed by atoms with van der Waals surface area (Å²) >= 11 is 0. The second kappa shape index (κ2) is 14.9. The van der Waals surface area contributed by atoms with Gasteiger partial charge in [-0.1, -0.05) is 82.6 Å². The van der Waals surface area contributed by atoms with Crippen molar-refractivity contribution in [3.05, 3.63) is 48.0 Å². The van der Waals surface area contributed by atoms with E-state index in [1.165, 1.54) is 63.9 Å². The Balaban J connectivity index is 0.00000480. The molecule has 0 atom stereocenters. The molecule has 0 fully saturated rings. The Morgan fingerprint density at radius 1 is 0.871 bits per heavy atom. The molecule has 0 aliphatic rings. The predicted molar refractivity (Wildman–Crippen MR) is 118 cm³/mol. The van der Waals surface area contributed by atoms with Crippen molar-refractivity contribution in [2.24, 2.45) is 0 Å². The van der Waals surface area contributed by atoms with E-state index in [2.05, 4.69) is 6.92 Å². The van der Waals surface area contributed by atoms with E-state index in [4.69, 9.17) is 9.29 Å². The molecule has 0 bridgehead atoms. The summed E-state index contributed by atoms with van der Waals surface area (Å²) in [6.07, 6.45) is 13.9. The number of rotatable bonds is 14. The van der Waals surface area contributed by atoms with Crippen LogP contribution in [0.5, 0.6) is 17.2 Å². The van der Waals surface area contributed by atoms with Crippen molar-refractivity contribution in [3.8, 4) is 17.2 Å². The van der Waals surface area contributed by atoms with Gasteiger partial charge in [0.05, 0.1) is 4.90 Å². The van der Waals surface area contributed by atoms with Crippen molar-refractivity contribution in [2.75, 3.05) is 0 Å². The quantitative estimate of drug-likeness (QED) is 0.268. The van der Waals surface area contributed by atoms with E-state index in [1.807, 2.05) is 18.2 Å². The molecule has 5 nitrogen and oxygen atoms in total. The summed E-state index contributed by atoms with van der Waals surface area (Å²) in [5, 5.41) is 12.0. The molecule has 31 heavy (non-hydrogen) atoms. The molecule has 0 radical (unpaired) electrons. The minimum absolute atomic E-state index is 0. The third kappa shape index (κ3) is 10.9. The first-order chi connectivity index (χ1) is 14.4. The first-order valence-electron chi connectivity index (χ1n) is 11.0. The molecule has 0 amide bonds. The molecule has 0 aromatic heterocycles. The fourth-order valence-corrected chi connectivity index (χ4v) is 3.94. The Bertz CT molecular complexity index is 883. The predicted octanol–water partition coefficient (Wildman–Crippen LogP) is 3.27. The van der Waals surface area contributed by atoms with Gasteiger partial charge in [0.2, 0.25) is 0 Å². The second-order valence-corrected chi connectivity index (χ2v) is 9.19. The van der Waals surface area contributed by atoms with Crippen LogP contribution in [0, 0.1) is 0 Å². The average molecular weight is 457 g/mol. The smallest absolute Gasteiger partial charge is 0.870 e. The van der Waals surface area contributed by atoms with Crippen LogP contribution in [-0.2, 0) is 16.5 Å². The Labute approximate surface area is 209 Å². The van der Waals surface area contributed by atoms with Crippen LogP contribution in [0.15, 0.2) is 47.4 Å². The van der Waals surface area contributed by atoms with Crippen LogP contribution in [0.4, 0.5) is 0 Å². The molecule has 0 saturated carbocycles. The molecule has 166 valence electrons. The Morgan fingerprint density at radius 3 is 2.06 bits per heavy atom. The molecule has 0 aliphatic heterocycles. The van der Waals surface area contributed by atoms with E-state index in [-0.39, 0.29) is 35.3 Å². The molecule has 0 heterocycles. The van der Waals surface area contributed by atoms with Crippen LogP contribution < -0.4 is 39.4 Å². The fourth-order valence-electron chi connectivity index (χ4n) is 3.44. The Morgan fingerprint density at radius 2 is 1.48 bits per heavy atom. The largest absolute Gasteiger partial charge is 1.00 e. The second-order valence-electron chi connectivity index (χ2n) is 7.77. The van der Waals surface area contributed by atoms with Crippen LogP contribution in [-0.4, -0.2) is 13.0 Å². The molecule has 0 unspecified atom stereocenters. The normalized spacial score (nSPS) is 11.2. The Hall–Kier alpha value is -1.05. The van der Waals surface area contributed by atoms with Gasteiger partial charge in [0.25, 0.3) is 10.1 Å². The van der Waals surface area contributed by atoms with Crippen LogP contribution >= 0.6 is 0 Å². The first kappa shape index (κ1) is 28.0. The summed E-state index contributed by atoms with van der Waals surface area (Å²) in [7, 11) is -4.40. The number of ether oxygens (including phenoxy) is 1. The number of aryl methyl sites for hydroxylation is 1. The molecule has 2 rings (SSSR count). The zero-order chi connectivity index (χ0) is 21.8. The van der Waals surface area contributed by atoms with Crippen molar-refractivity contribution < 1.29 is 52.4 Å². The molecule has 0 saturated heterocycles. The number of benzene rings is 2. The van der Waals surface area contributed by atoms with Crippen molar-refractivity contribution in [3.63, 3.8) is 0 Å². The standard InChI is InChI=1S/C24H34O5S.Na/c1-2-3-4-5-6-7-8-9-10-11-13-20-14-12-15-21(18-20)29-24-17-16-22(19-23(24)25)30(26,27)28;/h12,14-19,25H,2-11,13H2,1H3,(H,26,27,28);/q;+1/p-1. The molecular formula is C24H33NaO5S. The third-order valence-electron chi connectivity index (χ3n) is 5.16. The summed E-state index contributed by atoms with van der Waals surface area (Å²) < 4.78 is 36.9. The van der Waals surface area contributed by atoms with E-state index in [0.29, 0.717) is 5.75 Å². The van der Waals surface area contributed by atoms with E-state index in [9.17, 15) is 13.5 Å². The van der Waals surface area contributed by atoms with E-state index in [0.717, 1.165) is 30.5 Å². The Kier molecular flexibility index (Phi) is 13.5. The van der Waals surface area contributed by atoms with Crippen LogP contribution in [0.3, 0.4) is 0 Å². The fraction of sp³-hybridized carbons (Fsp3) is 0.500. The zero-order valence-electron chi connectivity index (χ0n) is 18.8.